The Kier molecular flexibility index (Phi) is 6.09. The van der Waals surface area contributed by atoms with Crippen LogP contribution in [0.25, 0.3) is 10.8 Å². The predicted octanol–water partition coefficient (Wildman–Crippen LogP) is 3.27. The van der Waals surface area contributed by atoms with E-state index in [1.54, 1.807) is 25.1 Å². The zero-order valence-corrected chi connectivity index (χ0v) is 20.9. The Morgan fingerprint density at radius 1 is 1.00 bits per heavy atom. The van der Waals surface area contributed by atoms with E-state index in [2.05, 4.69) is 0 Å². The fraction of sp³-hybridized carbons (Fsp3) is 0.308. The zero-order chi connectivity index (χ0) is 25.6. The highest BCUT2D eigenvalue weighted by molar-refractivity contribution is 7.90. The van der Waals surface area contributed by atoms with E-state index >= 15 is 0 Å². The maximum atomic E-state index is 12.7. The highest BCUT2D eigenvalue weighted by atomic mass is 32.2. The Hall–Kier alpha value is -3.63. The second-order valence-electron chi connectivity index (χ2n) is 9.48. The summed E-state index contributed by atoms with van der Waals surface area (Å²) in [5.74, 6) is 1.26. The molecule has 2 aliphatic rings. The Balaban J connectivity index is 1.43. The maximum Gasteiger partial charge on any atom is 0.299 e. The van der Waals surface area contributed by atoms with Crippen molar-refractivity contribution in [3.05, 3.63) is 71.3 Å². The van der Waals surface area contributed by atoms with Crippen LogP contribution in [-0.2, 0) is 16.6 Å². The Labute approximate surface area is 210 Å². The number of amidine groups is 2. The number of fused-ring (bicyclic) bond motifs is 2. The van der Waals surface area contributed by atoms with Gasteiger partial charge in [0.1, 0.15) is 17.7 Å². The van der Waals surface area contributed by atoms with Crippen molar-refractivity contribution in [2.75, 3.05) is 17.4 Å². The number of ether oxygens (including phenoxy) is 1. The van der Waals surface area contributed by atoms with Gasteiger partial charge in [-0.1, -0.05) is 24.3 Å². The number of piperidine rings is 1. The van der Waals surface area contributed by atoms with Crippen LogP contribution in [0.15, 0.2) is 54.6 Å². The lowest BCUT2D eigenvalue weighted by molar-refractivity contribution is 0.130. The molecule has 0 aliphatic carbocycles. The van der Waals surface area contributed by atoms with Crippen LogP contribution in [0.2, 0.25) is 0 Å². The molecule has 9 nitrogen and oxygen atoms in total. The van der Waals surface area contributed by atoms with Crippen molar-refractivity contribution >= 4 is 38.3 Å². The first-order valence-electron chi connectivity index (χ1n) is 11.9. The van der Waals surface area contributed by atoms with Crippen molar-refractivity contribution in [2.45, 2.75) is 38.3 Å². The minimum atomic E-state index is -4.03. The van der Waals surface area contributed by atoms with Gasteiger partial charge < -0.3 is 15.4 Å². The number of anilines is 1. The third-order valence-corrected chi connectivity index (χ3v) is 8.04. The highest BCUT2D eigenvalue weighted by Gasteiger charge is 2.37. The fourth-order valence-electron chi connectivity index (χ4n) is 5.18. The van der Waals surface area contributed by atoms with E-state index in [-0.39, 0.29) is 11.9 Å². The lowest BCUT2D eigenvalue weighted by Crippen LogP contribution is -2.40. The van der Waals surface area contributed by atoms with Gasteiger partial charge in [0.2, 0.25) is 0 Å². The number of nitrogens with one attached hydrogen (secondary N) is 2. The molecule has 2 aliphatic heterocycles. The normalized spacial score (nSPS) is 18.3. The molecule has 36 heavy (non-hydrogen) atoms. The molecule has 0 spiro atoms. The summed E-state index contributed by atoms with van der Waals surface area (Å²) in [6.45, 7) is 3.38. The monoisotopic (exact) mass is 506 g/mol. The molecular formula is C26H30N6O3S. The summed E-state index contributed by atoms with van der Waals surface area (Å²) in [5, 5.41) is 23.1. The molecule has 3 aromatic rings. The third kappa shape index (κ3) is 4.61. The Morgan fingerprint density at radius 3 is 2.39 bits per heavy atom. The summed E-state index contributed by atoms with van der Waals surface area (Å²) in [4.78, 5) is 2.04. The van der Waals surface area contributed by atoms with Crippen LogP contribution >= 0.6 is 0 Å². The number of benzene rings is 3. The number of nitrogens with zero attached hydrogens (tertiary/aromatic N) is 2. The fourth-order valence-corrected chi connectivity index (χ4v) is 6.19. The molecule has 0 radical (unpaired) electrons. The van der Waals surface area contributed by atoms with Gasteiger partial charge >= 0.3 is 0 Å². The van der Waals surface area contributed by atoms with Gasteiger partial charge in [-0.3, -0.25) is 10.8 Å². The summed E-state index contributed by atoms with van der Waals surface area (Å²) in [5.41, 5.74) is 8.50. The Bertz CT molecular complexity index is 1460. The minimum Gasteiger partial charge on any atom is -0.490 e. The van der Waals surface area contributed by atoms with Crippen LogP contribution in [0.3, 0.4) is 0 Å². The van der Waals surface area contributed by atoms with Crippen molar-refractivity contribution in [1.29, 1.82) is 10.8 Å². The molecule has 1 saturated heterocycles. The van der Waals surface area contributed by atoms with Crippen molar-refractivity contribution in [3.8, 4) is 5.75 Å². The van der Waals surface area contributed by atoms with E-state index in [0.717, 1.165) is 47.8 Å². The standard InChI is InChI=1S/C26H30N6O3S/c1-16(27)31-10-8-22(9-11-31)35-23-6-7-24-21(14-23)15-25(32(24)36(30,33)34)18-4-2-17-3-5-19(26(28)29)13-20(17)12-18/h2-7,12-14,22,25,27H,8-11,15H2,1H3,(H3,28,29)(H2,30,33,34). The van der Waals surface area contributed by atoms with Crippen LogP contribution in [0.5, 0.6) is 5.75 Å². The average molecular weight is 507 g/mol. The number of nitrogens with two attached hydrogens (primary N) is 2. The summed E-state index contributed by atoms with van der Waals surface area (Å²) in [6, 6.07) is 16.3. The van der Waals surface area contributed by atoms with E-state index < -0.39 is 16.3 Å². The molecule has 10 heteroatoms. The van der Waals surface area contributed by atoms with Crippen molar-refractivity contribution in [3.63, 3.8) is 0 Å². The van der Waals surface area contributed by atoms with Crippen LogP contribution in [-0.4, -0.2) is 44.2 Å². The summed E-state index contributed by atoms with van der Waals surface area (Å²) < 4.78 is 32.9. The molecule has 1 fully saturated rings. The maximum absolute atomic E-state index is 12.7. The van der Waals surface area contributed by atoms with Gasteiger partial charge in [0, 0.05) is 37.9 Å². The van der Waals surface area contributed by atoms with E-state index in [1.165, 1.54) is 4.31 Å². The van der Waals surface area contributed by atoms with E-state index in [0.29, 0.717) is 29.3 Å². The van der Waals surface area contributed by atoms with Crippen molar-refractivity contribution in [1.82, 2.24) is 4.90 Å². The number of hydrogen-bond donors (Lipinski definition) is 4. The molecule has 6 N–H and O–H groups in total. The molecule has 1 atom stereocenters. The van der Waals surface area contributed by atoms with Crippen LogP contribution in [0.1, 0.15) is 42.5 Å². The second kappa shape index (κ2) is 9.11. The first-order chi connectivity index (χ1) is 17.1. The third-order valence-electron chi connectivity index (χ3n) is 7.04. The molecular weight excluding hydrogens is 476 g/mol. The molecule has 0 amide bonds. The van der Waals surface area contributed by atoms with Crippen LogP contribution in [0.4, 0.5) is 5.69 Å². The second-order valence-corrected chi connectivity index (χ2v) is 10.9. The molecule has 0 saturated carbocycles. The van der Waals surface area contributed by atoms with Gasteiger partial charge in [-0.05, 0) is 59.2 Å². The Morgan fingerprint density at radius 2 is 1.72 bits per heavy atom. The van der Waals surface area contributed by atoms with Gasteiger partial charge in [-0.25, -0.2) is 9.44 Å². The molecule has 0 bridgehead atoms. The summed E-state index contributed by atoms with van der Waals surface area (Å²) in [7, 11) is -4.03. The van der Waals surface area contributed by atoms with Crippen molar-refractivity contribution < 1.29 is 13.2 Å². The smallest absolute Gasteiger partial charge is 0.299 e. The topological polar surface area (TPSA) is 150 Å². The van der Waals surface area contributed by atoms with E-state index in [1.807, 2.05) is 41.3 Å². The first-order valence-corrected chi connectivity index (χ1v) is 13.4. The van der Waals surface area contributed by atoms with Gasteiger partial charge in [-0.2, -0.15) is 8.42 Å². The number of rotatable bonds is 5. The van der Waals surface area contributed by atoms with Gasteiger partial charge in [0.15, 0.2) is 0 Å². The lowest BCUT2D eigenvalue weighted by Gasteiger charge is -2.32. The molecule has 0 aromatic heterocycles. The molecule has 5 rings (SSSR count). The van der Waals surface area contributed by atoms with E-state index in [9.17, 15) is 8.42 Å². The van der Waals surface area contributed by atoms with Gasteiger partial charge in [-0.15, -0.1) is 0 Å². The summed E-state index contributed by atoms with van der Waals surface area (Å²) in [6.07, 6.45) is 2.19. The van der Waals surface area contributed by atoms with Crippen LogP contribution in [0, 0.1) is 10.8 Å². The van der Waals surface area contributed by atoms with Crippen molar-refractivity contribution in [2.24, 2.45) is 10.9 Å². The zero-order valence-electron chi connectivity index (χ0n) is 20.1. The molecule has 1 unspecified atom stereocenters. The number of nitrogen functional groups attached to an aromatic ring is 1. The molecule has 3 aromatic carbocycles. The SMILES string of the molecule is CC(=N)N1CCC(Oc2ccc3c(c2)CC(c2ccc4ccc(C(=N)N)cc4c2)N3S(N)(=O)=O)CC1. The van der Waals surface area contributed by atoms with Crippen LogP contribution < -0.4 is 19.9 Å². The van der Waals surface area contributed by atoms with Gasteiger partial charge in [0.25, 0.3) is 10.2 Å². The summed E-state index contributed by atoms with van der Waals surface area (Å²) >= 11 is 0. The largest absolute Gasteiger partial charge is 0.490 e. The molecule has 188 valence electrons. The first kappa shape index (κ1) is 24.1. The van der Waals surface area contributed by atoms with E-state index in [4.69, 9.17) is 26.4 Å². The predicted molar refractivity (Wildman–Crippen MR) is 142 cm³/mol. The quantitative estimate of drug-likeness (QED) is 0.309. The minimum absolute atomic E-state index is 0.0205. The number of hydrogen-bond acceptors (Lipinski definition) is 5. The average Bonchev–Trinajstić information content (AvgIpc) is 3.23. The lowest BCUT2D eigenvalue weighted by atomic mass is 9.98. The number of likely N-dealkylation sites (tertiary alicyclic amines) is 1. The highest BCUT2D eigenvalue weighted by Crippen LogP contribution is 2.43. The van der Waals surface area contributed by atoms with Gasteiger partial charge in [0.05, 0.1) is 17.6 Å². The molecule has 2 heterocycles.